The summed E-state index contributed by atoms with van der Waals surface area (Å²) in [5.41, 5.74) is -0.229. The van der Waals surface area contributed by atoms with Crippen molar-refractivity contribution < 1.29 is 20.1 Å². The second-order valence-electron chi connectivity index (χ2n) is 10.7. The number of carbonyl (C=O) groups is 1. The molecule has 7 unspecified atom stereocenters. The van der Waals surface area contributed by atoms with Gasteiger partial charge in [0.25, 0.3) is 0 Å². The van der Waals surface area contributed by atoms with Crippen LogP contribution in [0.3, 0.4) is 0 Å². The van der Waals surface area contributed by atoms with Gasteiger partial charge in [-0.05, 0) is 105 Å². The van der Waals surface area contributed by atoms with Crippen molar-refractivity contribution in [1.29, 1.82) is 0 Å². The third-order valence-corrected chi connectivity index (χ3v) is 9.66. The second kappa shape index (κ2) is 8.86. The molecule has 0 spiro atoms. The number of aliphatic hydroxyl groups is 2. The number of hydrogen-bond donors (Lipinski definition) is 3. The molecule has 4 heteroatoms. The average Bonchev–Trinajstić information content (AvgIpc) is 3.05. The average molecular weight is 409 g/mol. The summed E-state index contributed by atoms with van der Waals surface area (Å²) in [5.74, 6) is 2.20. The third kappa shape index (κ3) is 4.01. The maximum atomic E-state index is 11.8. The van der Waals surface area contributed by atoms with Gasteiger partial charge in [-0.1, -0.05) is 27.7 Å². The molecule has 4 aliphatic carbocycles. The molecule has 0 aromatic rings. The van der Waals surface area contributed by atoms with Gasteiger partial charge in [-0.3, -0.25) is 4.79 Å². The van der Waals surface area contributed by atoms with E-state index in [1.54, 1.807) is 0 Å². The number of aliphatic carboxylic acids is 1. The largest absolute Gasteiger partial charge is 0.481 e. The molecule has 0 radical (unpaired) electrons. The number of carboxylic acids is 1. The van der Waals surface area contributed by atoms with E-state index in [4.69, 9.17) is 5.11 Å². The van der Waals surface area contributed by atoms with Gasteiger partial charge in [0.1, 0.15) is 0 Å². The Morgan fingerprint density at radius 1 is 1.03 bits per heavy atom. The van der Waals surface area contributed by atoms with Crippen molar-refractivity contribution in [3.63, 3.8) is 0 Å². The minimum atomic E-state index is -0.724. The van der Waals surface area contributed by atoms with Crippen LogP contribution in [0.15, 0.2) is 0 Å². The molecule has 0 saturated heterocycles. The third-order valence-electron chi connectivity index (χ3n) is 9.66. The van der Waals surface area contributed by atoms with E-state index in [2.05, 4.69) is 13.8 Å². The minimum absolute atomic E-state index is 0.105. The molecule has 29 heavy (non-hydrogen) atoms. The first-order valence-electron chi connectivity index (χ1n) is 12.4. The van der Waals surface area contributed by atoms with Crippen LogP contribution >= 0.6 is 0 Å². The predicted molar refractivity (Wildman–Crippen MR) is 115 cm³/mol. The first kappa shape index (κ1) is 23.1. The Kier molecular flexibility index (Phi) is 7.05. The van der Waals surface area contributed by atoms with Crippen LogP contribution in [-0.2, 0) is 4.79 Å². The Balaban J connectivity index is 0.00000117. The molecule has 4 fully saturated rings. The van der Waals surface area contributed by atoms with E-state index in [9.17, 15) is 15.0 Å². The molecule has 0 bridgehead atoms. The van der Waals surface area contributed by atoms with Crippen LogP contribution in [-0.4, -0.2) is 33.0 Å². The molecular weight excluding hydrogens is 364 g/mol. The summed E-state index contributed by atoms with van der Waals surface area (Å²) in [4.78, 5) is 11.0. The second-order valence-corrected chi connectivity index (χ2v) is 10.7. The topological polar surface area (TPSA) is 77.8 Å². The lowest BCUT2D eigenvalue weighted by Crippen LogP contribution is -2.57. The van der Waals surface area contributed by atoms with Crippen LogP contribution < -0.4 is 0 Å². The fourth-order valence-electron chi connectivity index (χ4n) is 8.25. The molecule has 0 amide bonds. The van der Waals surface area contributed by atoms with Crippen molar-refractivity contribution in [2.24, 2.45) is 40.9 Å². The maximum Gasteiger partial charge on any atom is 0.303 e. The molecule has 0 heterocycles. The highest BCUT2D eigenvalue weighted by molar-refractivity contribution is 5.66. The van der Waals surface area contributed by atoms with Gasteiger partial charge >= 0.3 is 5.97 Å². The molecule has 0 aromatic heterocycles. The predicted octanol–water partition coefficient (Wildman–Crippen LogP) is 5.26. The first-order valence-corrected chi connectivity index (χ1v) is 12.4. The van der Waals surface area contributed by atoms with Gasteiger partial charge in [0.05, 0.1) is 11.7 Å². The van der Waals surface area contributed by atoms with Crippen molar-refractivity contribution >= 4 is 5.97 Å². The van der Waals surface area contributed by atoms with Gasteiger partial charge in [0.15, 0.2) is 0 Å². The highest BCUT2D eigenvalue weighted by Gasteiger charge is 2.61. The molecule has 0 aliphatic heterocycles. The van der Waals surface area contributed by atoms with Crippen LogP contribution in [0.2, 0.25) is 0 Å². The minimum Gasteiger partial charge on any atom is -0.481 e. The van der Waals surface area contributed by atoms with Gasteiger partial charge in [-0.15, -0.1) is 0 Å². The van der Waals surface area contributed by atoms with Crippen LogP contribution in [0, 0.1) is 40.9 Å². The van der Waals surface area contributed by atoms with Gasteiger partial charge in [-0.25, -0.2) is 0 Å². The maximum absolute atomic E-state index is 11.8. The molecule has 4 saturated carbocycles. The zero-order chi connectivity index (χ0) is 21.4. The molecule has 168 valence electrons. The Morgan fingerprint density at radius 2 is 1.76 bits per heavy atom. The van der Waals surface area contributed by atoms with Crippen LogP contribution in [0.4, 0.5) is 0 Å². The van der Waals surface area contributed by atoms with E-state index >= 15 is 0 Å². The Bertz CT molecular complexity index is 577. The Morgan fingerprint density at radius 3 is 2.45 bits per heavy atom. The van der Waals surface area contributed by atoms with E-state index in [0.29, 0.717) is 35.5 Å². The van der Waals surface area contributed by atoms with Crippen LogP contribution in [0.5, 0.6) is 0 Å². The Hall–Kier alpha value is -0.610. The molecule has 4 nitrogen and oxygen atoms in total. The normalized spacial score (nSPS) is 47.1. The van der Waals surface area contributed by atoms with E-state index < -0.39 is 11.6 Å². The number of rotatable bonds is 4. The summed E-state index contributed by atoms with van der Waals surface area (Å²) in [7, 11) is 0. The summed E-state index contributed by atoms with van der Waals surface area (Å²) in [6.45, 7) is 8.63. The number of hydrogen-bond acceptors (Lipinski definition) is 3. The molecular formula is C25H44O4. The van der Waals surface area contributed by atoms with Gasteiger partial charge < -0.3 is 15.3 Å². The molecule has 4 rings (SSSR count). The smallest absolute Gasteiger partial charge is 0.303 e. The van der Waals surface area contributed by atoms with Gasteiger partial charge in [0, 0.05) is 6.42 Å². The lowest BCUT2D eigenvalue weighted by atomic mass is 9.46. The van der Waals surface area contributed by atoms with E-state index in [0.717, 1.165) is 44.9 Å². The summed E-state index contributed by atoms with van der Waals surface area (Å²) in [5, 5.41) is 31.0. The highest BCUT2D eigenvalue weighted by Crippen LogP contribution is 2.65. The number of aliphatic hydroxyl groups excluding tert-OH is 1. The SMILES string of the molecule is CC.C[C@H](CCC(=O)O)C1CCC2C3CCC4C[C@H](O)CCC4(C)C3CCC21O. The Labute approximate surface area is 177 Å². The zero-order valence-corrected chi connectivity index (χ0v) is 19.1. The van der Waals surface area contributed by atoms with E-state index in [1.165, 1.54) is 12.8 Å². The van der Waals surface area contributed by atoms with Crippen molar-refractivity contribution in [3.05, 3.63) is 0 Å². The summed E-state index contributed by atoms with van der Waals surface area (Å²) in [6, 6.07) is 0. The monoisotopic (exact) mass is 408 g/mol. The summed E-state index contributed by atoms with van der Waals surface area (Å²) < 4.78 is 0. The molecule has 3 N–H and O–H groups in total. The summed E-state index contributed by atoms with van der Waals surface area (Å²) in [6.07, 6.45) is 10.5. The lowest BCUT2D eigenvalue weighted by molar-refractivity contribution is -0.167. The molecule has 0 aromatic carbocycles. The quantitative estimate of drug-likeness (QED) is 0.593. The van der Waals surface area contributed by atoms with Crippen LogP contribution in [0.1, 0.15) is 98.3 Å². The first-order chi connectivity index (χ1) is 13.8. The van der Waals surface area contributed by atoms with Crippen molar-refractivity contribution in [2.75, 3.05) is 0 Å². The molecule has 9 atom stereocenters. The van der Waals surface area contributed by atoms with Crippen molar-refractivity contribution in [2.45, 2.75) is 110 Å². The van der Waals surface area contributed by atoms with E-state index in [-0.39, 0.29) is 24.4 Å². The van der Waals surface area contributed by atoms with E-state index in [1.807, 2.05) is 13.8 Å². The van der Waals surface area contributed by atoms with Gasteiger partial charge in [0.2, 0.25) is 0 Å². The highest BCUT2D eigenvalue weighted by atomic mass is 16.4. The number of carboxylic acid groups (broad SMARTS) is 1. The fraction of sp³-hybridized carbons (Fsp3) is 0.960. The van der Waals surface area contributed by atoms with Gasteiger partial charge in [-0.2, -0.15) is 0 Å². The fourth-order valence-corrected chi connectivity index (χ4v) is 8.25. The lowest BCUT2D eigenvalue weighted by Gasteiger charge is -2.60. The number of fused-ring (bicyclic) bond motifs is 5. The summed E-state index contributed by atoms with van der Waals surface area (Å²) >= 11 is 0. The molecule has 4 aliphatic rings. The standard InChI is InChI=1S/C23H38O4.C2H6/c1-14(3-8-21(25)26)18-6-7-20-17-5-4-15-13-16(24)9-11-22(15,2)19(17)10-12-23(18,20)27;1-2/h14-20,24,27H,3-13H2,1-2H3,(H,25,26);1-2H3/t14-,15?,16-,17?,18?,19?,20?,22?,23?;/m1./s1. The van der Waals surface area contributed by atoms with Crippen molar-refractivity contribution in [3.8, 4) is 0 Å². The van der Waals surface area contributed by atoms with Crippen LogP contribution in [0.25, 0.3) is 0 Å². The van der Waals surface area contributed by atoms with Crippen molar-refractivity contribution in [1.82, 2.24) is 0 Å². The zero-order valence-electron chi connectivity index (χ0n) is 19.1.